The molecular formula is C26H47N15O10. The molecule has 0 aliphatic carbocycles. The summed E-state index contributed by atoms with van der Waals surface area (Å²) in [6.07, 6.45) is 1.01. The van der Waals surface area contributed by atoms with E-state index >= 15 is 0 Å². The number of carboxylic acids is 1. The Balaban J connectivity index is 4.12. The highest BCUT2D eigenvalue weighted by Crippen LogP contribution is 1.98. The zero-order chi connectivity index (χ0) is 38.8. The molecule has 2 atom stereocenters. The van der Waals surface area contributed by atoms with Gasteiger partial charge in [0.1, 0.15) is 6.04 Å². The third-order valence-corrected chi connectivity index (χ3v) is 5.98. The first-order valence-electron chi connectivity index (χ1n) is 15.3. The second-order valence-electron chi connectivity index (χ2n) is 10.3. The van der Waals surface area contributed by atoms with E-state index in [1.807, 2.05) is 0 Å². The quantitative estimate of drug-likeness (QED) is 0.0236. The number of rotatable bonds is 25. The fourth-order valence-corrected chi connectivity index (χ4v) is 3.40. The maximum Gasteiger partial charge on any atom is 0.326 e. The summed E-state index contributed by atoms with van der Waals surface area (Å²) in [5.41, 5.74) is 26.5. The summed E-state index contributed by atoms with van der Waals surface area (Å²) in [4.78, 5) is 114. The van der Waals surface area contributed by atoms with Crippen molar-refractivity contribution in [2.75, 3.05) is 58.9 Å². The average molecular weight is 730 g/mol. The predicted octanol–water partition coefficient (Wildman–Crippen LogP) is -9.20. The number of nitrogens with two attached hydrogens (primary N) is 5. The Kier molecular flexibility index (Phi) is 22.5. The van der Waals surface area contributed by atoms with E-state index in [-0.39, 0.29) is 44.3 Å². The monoisotopic (exact) mass is 729 g/mol. The fourth-order valence-electron chi connectivity index (χ4n) is 3.40. The van der Waals surface area contributed by atoms with Crippen molar-refractivity contribution in [3.05, 3.63) is 0 Å². The van der Waals surface area contributed by atoms with Gasteiger partial charge in [0, 0.05) is 13.1 Å². The molecule has 25 nitrogen and oxygen atoms in total. The van der Waals surface area contributed by atoms with Crippen molar-refractivity contribution in [2.24, 2.45) is 38.7 Å². The van der Waals surface area contributed by atoms with Crippen LogP contribution in [0.1, 0.15) is 25.7 Å². The van der Waals surface area contributed by atoms with Crippen LogP contribution in [0, 0.1) is 0 Å². The molecule has 0 aliphatic heterocycles. The van der Waals surface area contributed by atoms with E-state index in [9.17, 15) is 48.3 Å². The lowest BCUT2D eigenvalue weighted by atomic mass is 10.1. The second kappa shape index (κ2) is 25.7. The first-order valence-corrected chi connectivity index (χ1v) is 15.3. The van der Waals surface area contributed by atoms with Gasteiger partial charge >= 0.3 is 5.97 Å². The number of aliphatic imine (C=N–C) groups is 2. The lowest BCUT2D eigenvalue weighted by Gasteiger charge is -2.14. The number of hydrogen-bond donors (Lipinski definition) is 14. The van der Waals surface area contributed by atoms with Crippen LogP contribution in [0.15, 0.2) is 9.98 Å². The molecular weight excluding hydrogens is 682 g/mol. The number of carbonyl (C=O) groups is 9. The van der Waals surface area contributed by atoms with Crippen LogP contribution >= 0.6 is 0 Å². The van der Waals surface area contributed by atoms with Gasteiger partial charge in [0.2, 0.25) is 47.3 Å². The zero-order valence-corrected chi connectivity index (χ0v) is 27.7. The summed E-state index contributed by atoms with van der Waals surface area (Å²) in [5, 5.41) is 27.0. The smallest absolute Gasteiger partial charge is 0.326 e. The Labute approximate surface area is 291 Å². The second-order valence-corrected chi connectivity index (χ2v) is 10.3. The van der Waals surface area contributed by atoms with Gasteiger partial charge < -0.3 is 76.3 Å². The minimum atomic E-state index is -1.30. The molecule has 0 saturated heterocycles. The molecule has 0 unspecified atom stereocenters. The van der Waals surface area contributed by atoms with Gasteiger partial charge in [-0.05, 0) is 25.7 Å². The van der Waals surface area contributed by atoms with E-state index in [2.05, 4.69) is 52.5 Å². The van der Waals surface area contributed by atoms with Gasteiger partial charge in [0.15, 0.2) is 11.9 Å². The summed E-state index contributed by atoms with van der Waals surface area (Å²) in [5.74, 6) is -7.47. The van der Waals surface area contributed by atoms with Crippen molar-refractivity contribution in [3.8, 4) is 0 Å². The topological polar surface area (TPSA) is 425 Å². The Bertz CT molecular complexity index is 1300. The first-order chi connectivity index (χ1) is 24.0. The summed E-state index contributed by atoms with van der Waals surface area (Å²) >= 11 is 0. The maximum absolute atomic E-state index is 12.0. The molecule has 0 radical (unpaired) electrons. The van der Waals surface area contributed by atoms with E-state index in [1.54, 1.807) is 0 Å². The lowest BCUT2D eigenvalue weighted by Crippen LogP contribution is -2.48. The third-order valence-electron chi connectivity index (χ3n) is 5.98. The molecule has 0 aromatic carbocycles. The van der Waals surface area contributed by atoms with Crippen molar-refractivity contribution in [1.29, 1.82) is 0 Å². The molecule has 0 aliphatic rings. The Hall–Kier alpha value is -6.27. The van der Waals surface area contributed by atoms with E-state index in [4.69, 9.17) is 28.7 Å². The van der Waals surface area contributed by atoms with Crippen LogP contribution in [-0.2, 0) is 43.2 Å². The van der Waals surface area contributed by atoms with Crippen LogP contribution in [-0.4, -0.2) is 141 Å². The normalized spacial score (nSPS) is 11.2. The van der Waals surface area contributed by atoms with Gasteiger partial charge in [0.25, 0.3) is 0 Å². The molecule has 0 aromatic heterocycles. The zero-order valence-electron chi connectivity index (χ0n) is 27.7. The number of guanidine groups is 2. The van der Waals surface area contributed by atoms with Crippen LogP contribution in [0.5, 0.6) is 0 Å². The fraction of sp³-hybridized carbons (Fsp3) is 0.577. The number of carbonyl (C=O) groups excluding carboxylic acids is 8. The molecule has 51 heavy (non-hydrogen) atoms. The maximum atomic E-state index is 12.0. The van der Waals surface area contributed by atoms with Gasteiger partial charge in [-0.1, -0.05) is 0 Å². The number of aliphatic carboxylic acids is 1. The summed E-state index contributed by atoms with van der Waals surface area (Å²) in [6.45, 7) is -3.32. The largest absolute Gasteiger partial charge is 0.480 e. The lowest BCUT2D eigenvalue weighted by molar-refractivity contribution is -0.142. The molecule has 0 aromatic rings. The first kappa shape index (κ1) is 44.7. The standard InChI is InChI=1S/C26H47N15O10/c27-14(3-1-5-32-25(28)29)23(49)40-12-21(47)38-10-19(45)36-8-17(43)34-7-16(42)35-9-18(44)37-11-20(46)39-13-22(48)41-15(24(50)51)4-2-6-33-26(30)31/h14-15H,1-13,27H2,(H,34,43)(H,35,42)(H,36,45)(H,37,44)(H,38,47)(H,39,46)(H,40,49)(H,41,48)(H,50,51)(H4,28,29,32)(H4,30,31,33)/t14-,15-/m0/s1. The SMILES string of the molecule is NC(N)=NCCC[C@H](NC(=O)CNC(=O)CNC(=O)CNC(=O)CNC(=O)CNC(=O)CNC(=O)CNC(=O)[C@@H](N)CCCN=C(N)N)C(=O)O. The van der Waals surface area contributed by atoms with Gasteiger partial charge in [-0.15, -0.1) is 0 Å². The number of amides is 8. The summed E-state index contributed by atoms with van der Waals surface area (Å²) in [6, 6.07) is -2.14. The minimum absolute atomic E-state index is 0.0303. The number of hydrogen-bond acceptors (Lipinski definition) is 12. The van der Waals surface area contributed by atoms with Crippen molar-refractivity contribution in [2.45, 2.75) is 37.8 Å². The molecule has 0 rings (SSSR count). The Morgan fingerprint density at radius 3 is 1.14 bits per heavy atom. The predicted molar refractivity (Wildman–Crippen MR) is 178 cm³/mol. The average Bonchev–Trinajstić information content (AvgIpc) is 3.07. The molecule has 0 fully saturated rings. The third kappa shape index (κ3) is 25.4. The molecule has 19 N–H and O–H groups in total. The molecule has 8 amide bonds. The number of carboxylic acid groups (broad SMARTS) is 1. The van der Waals surface area contributed by atoms with Gasteiger partial charge in [0.05, 0.1) is 51.9 Å². The van der Waals surface area contributed by atoms with Crippen LogP contribution in [0.3, 0.4) is 0 Å². The number of nitrogens with one attached hydrogen (secondary N) is 8. The molecule has 286 valence electrons. The van der Waals surface area contributed by atoms with Crippen LogP contribution in [0.25, 0.3) is 0 Å². The minimum Gasteiger partial charge on any atom is -0.480 e. The van der Waals surface area contributed by atoms with Crippen molar-refractivity contribution < 1.29 is 48.3 Å². The van der Waals surface area contributed by atoms with E-state index in [0.717, 1.165) is 0 Å². The van der Waals surface area contributed by atoms with Gasteiger partial charge in [-0.25, -0.2) is 4.79 Å². The Morgan fingerprint density at radius 1 is 0.490 bits per heavy atom. The van der Waals surface area contributed by atoms with Crippen molar-refractivity contribution in [1.82, 2.24) is 42.5 Å². The van der Waals surface area contributed by atoms with Gasteiger partial charge in [-0.2, -0.15) is 0 Å². The van der Waals surface area contributed by atoms with Crippen molar-refractivity contribution in [3.63, 3.8) is 0 Å². The highest BCUT2D eigenvalue weighted by molar-refractivity contribution is 5.93. The van der Waals surface area contributed by atoms with E-state index in [1.165, 1.54) is 0 Å². The molecule has 0 bridgehead atoms. The van der Waals surface area contributed by atoms with E-state index in [0.29, 0.717) is 6.42 Å². The summed E-state index contributed by atoms with van der Waals surface area (Å²) < 4.78 is 0. The molecule has 0 heterocycles. The molecule has 0 saturated carbocycles. The summed E-state index contributed by atoms with van der Waals surface area (Å²) in [7, 11) is 0. The molecule has 25 heteroatoms. The highest BCUT2D eigenvalue weighted by atomic mass is 16.4. The van der Waals surface area contributed by atoms with Gasteiger partial charge in [-0.3, -0.25) is 48.3 Å². The van der Waals surface area contributed by atoms with E-state index < -0.39 is 111 Å². The van der Waals surface area contributed by atoms with Crippen LogP contribution in [0.2, 0.25) is 0 Å². The van der Waals surface area contributed by atoms with Crippen LogP contribution < -0.4 is 71.2 Å². The van der Waals surface area contributed by atoms with Crippen molar-refractivity contribution >= 4 is 65.1 Å². The number of nitrogens with zero attached hydrogens (tertiary/aromatic N) is 2. The Morgan fingerprint density at radius 2 is 0.804 bits per heavy atom. The van der Waals surface area contributed by atoms with Crippen LogP contribution in [0.4, 0.5) is 0 Å². The molecule has 0 spiro atoms. The highest BCUT2D eigenvalue weighted by Gasteiger charge is 2.20.